The summed E-state index contributed by atoms with van der Waals surface area (Å²) in [5, 5.41) is 4.14. The fourth-order valence-electron chi connectivity index (χ4n) is 1.73. The smallest absolute Gasteiger partial charge is 0.138 e. The maximum atomic E-state index is 5.87. The average Bonchev–Trinajstić information content (AvgIpc) is 2.48. The topological polar surface area (TPSA) is 37.8 Å². The molecule has 0 aliphatic carbocycles. The standard InChI is InChI=1S/C16H20ClN3S/c1-12(2)7-18-8-13-9-19-16(20-10-13)11-21-15-5-3-14(17)4-6-15/h3-6,9-10,12,18H,7-8,11H2,1-2H3. The molecule has 2 rings (SSSR count). The molecule has 2 aromatic rings. The van der Waals surface area contributed by atoms with Gasteiger partial charge in [0.1, 0.15) is 5.82 Å². The summed E-state index contributed by atoms with van der Waals surface area (Å²) < 4.78 is 0. The molecule has 0 aliphatic heterocycles. The molecule has 0 radical (unpaired) electrons. The number of thioether (sulfide) groups is 1. The number of hydrogen-bond donors (Lipinski definition) is 1. The van der Waals surface area contributed by atoms with Crippen molar-refractivity contribution in [3.05, 3.63) is 53.1 Å². The van der Waals surface area contributed by atoms with Crippen molar-refractivity contribution < 1.29 is 0 Å². The van der Waals surface area contributed by atoms with Gasteiger partial charge in [-0.3, -0.25) is 0 Å². The Labute approximate surface area is 135 Å². The second-order valence-corrected chi connectivity index (χ2v) is 6.76. The third-order valence-corrected chi connectivity index (χ3v) is 4.08. The van der Waals surface area contributed by atoms with Gasteiger partial charge in [0.2, 0.25) is 0 Å². The lowest BCUT2D eigenvalue weighted by molar-refractivity contribution is 0.551. The highest BCUT2D eigenvalue weighted by atomic mass is 35.5. The average molecular weight is 322 g/mol. The Hall–Kier alpha value is -1.10. The minimum atomic E-state index is 0.654. The van der Waals surface area contributed by atoms with Crippen LogP contribution in [0.5, 0.6) is 0 Å². The lowest BCUT2D eigenvalue weighted by Crippen LogP contribution is -2.19. The molecule has 0 spiro atoms. The quantitative estimate of drug-likeness (QED) is 0.777. The van der Waals surface area contributed by atoms with Crippen molar-refractivity contribution in [2.24, 2.45) is 5.92 Å². The van der Waals surface area contributed by atoms with Gasteiger partial charge in [-0.2, -0.15) is 0 Å². The van der Waals surface area contributed by atoms with Crippen LogP contribution in [0.4, 0.5) is 0 Å². The molecule has 0 saturated carbocycles. The molecule has 5 heteroatoms. The molecule has 0 amide bonds. The molecular weight excluding hydrogens is 302 g/mol. The number of aromatic nitrogens is 2. The number of nitrogens with zero attached hydrogens (tertiary/aromatic N) is 2. The van der Waals surface area contributed by atoms with Gasteiger partial charge in [0.25, 0.3) is 0 Å². The second-order valence-electron chi connectivity index (χ2n) is 5.27. The zero-order chi connectivity index (χ0) is 15.1. The Bertz CT molecular complexity index is 540. The Morgan fingerprint density at radius 1 is 1.14 bits per heavy atom. The fraction of sp³-hybridized carbons (Fsp3) is 0.375. The van der Waals surface area contributed by atoms with Gasteiger partial charge in [-0.15, -0.1) is 11.8 Å². The van der Waals surface area contributed by atoms with E-state index in [1.807, 2.05) is 36.7 Å². The highest BCUT2D eigenvalue weighted by molar-refractivity contribution is 7.98. The van der Waals surface area contributed by atoms with Crippen molar-refractivity contribution in [1.29, 1.82) is 0 Å². The number of nitrogens with one attached hydrogen (secondary N) is 1. The van der Waals surface area contributed by atoms with Crippen LogP contribution in [0.15, 0.2) is 41.6 Å². The summed E-state index contributed by atoms with van der Waals surface area (Å²) in [7, 11) is 0. The molecule has 21 heavy (non-hydrogen) atoms. The van der Waals surface area contributed by atoms with Gasteiger partial charge in [-0.05, 0) is 36.7 Å². The van der Waals surface area contributed by atoms with E-state index >= 15 is 0 Å². The van der Waals surface area contributed by atoms with Crippen LogP contribution < -0.4 is 5.32 Å². The zero-order valence-corrected chi connectivity index (χ0v) is 13.9. The molecule has 0 aliphatic rings. The molecule has 0 atom stereocenters. The van der Waals surface area contributed by atoms with Crippen LogP contribution in [-0.4, -0.2) is 16.5 Å². The van der Waals surface area contributed by atoms with Crippen molar-refractivity contribution in [3.63, 3.8) is 0 Å². The highest BCUT2D eigenvalue weighted by Crippen LogP contribution is 2.22. The normalized spacial score (nSPS) is 11.0. The van der Waals surface area contributed by atoms with Crippen LogP contribution in [0.2, 0.25) is 5.02 Å². The van der Waals surface area contributed by atoms with Crippen LogP contribution in [0, 0.1) is 5.92 Å². The largest absolute Gasteiger partial charge is 0.312 e. The third-order valence-electron chi connectivity index (χ3n) is 2.82. The summed E-state index contributed by atoms with van der Waals surface area (Å²) in [5.74, 6) is 2.27. The number of benzene rings is 1. The fourth-order valence-corrected chi connectivity index (χ4v) is 2.63. The molecule has 0 unspecified atom stereocenters. The maximum Gasteiger partial charge on any atom is 0.138 e. The molecule has 3 nitrogen and oxygen atoms in total. The summed E-state index contributed by atoms with van der Waals surface area (Å²) in [6, 6.07) is 7.82. The monoisotopic (exact) mass is 321 g/mol. The van der Waals surface area contributed by atoms with Crippen LogP contribution in [0.3, 0.4) is 0 Å². The molecule has 1 heterocycles. The Balaban J connectivity index is 1.80. The number of rotatable bonds is 7. The Kier molecular flexibility index (Phi) is 6.49. The molecule has 0 fully saturated rings. The van der Waals surface area contributed by atoms with Crippen molar-refractivity contribution in [1.82, 2.24) is 15.3 Å². The van der Waals surface area contributed by atoms with E-state index in [4.69, 9.17) is 11.6 Å². The Morgan fingerprint density at radius 2 is 1.81 bits per heavy atom. The van der Waals surface area contributed by atoms with E-state index in [1.54, 1.807) is 11.8 Å². The predicted molar refractivity (Wildman–Crippen MR) is 89.6 cm³/mol. The van der Waals surface area contributed by atoms with E-state index in [2.05, 4.69) is 29.1 Å². The summed E-state index contributed by atoms with van der Waals surface area (Å²) in [6.07, 6.45) is 3.80. The van der Waals surface area contributed by atoms with Gasteiger partial charge < -0.3 is 5.32 Å². The van der Waals surface area contributed by atoms with E-state index in [9.17, 15) is 0 Å². The van der Waals surface area contributed by atoms with E-state index in [0.29, 0.717) is 5.92 Å². The Morgan fingerprint density at radius 3 is 2.43 bits per heavy atom. The molecule has 0 saturated heterocycles. The van der Waals surface area contributed by atoms with E-state index < -0.39 is 0 Å². The predicted octanol–water partition coefficient (Wildman–Crippen LogP) is 4.17. The molecule has 1 N–H and O–H groups in total. The minimum Gasteiger partial charge on any atom is -0.312 e. The molecule has 112 valence electrons. The third kappa shape index (κ3) is 6.04. The van der Waals surface area contributed by atoms with Gasteiger partial charge in [0.15, 0.2) is 0 Å². The molecule has 1 aromatic carbocycles. The summed E-state index contributed by atoms with van der Waals surface area (Å²) in [5.41, 5.74) is 1.12. The van der Waals surface area contributed by atoms with Crippen molar-refractivity contribution >= 4 is 23.4 Å². The van der Waals surface area contributed by atoms with E-state index in [-0.39, 0.29) is 0 Å². The van der Waals surface area contributed by atoms with Crippen LogP contribution in [0.25, 0.3) is 0 Å². The molecule has 0 bridgehead atoms. The van der Waals surface area contributed by atoms with Crippen molar-refractivity contribution in [2.75, 3.05) is 6.54 Å². The minimum absolute atomic E-state index is 0.654. The van der Waals surface area contributed by atoms with Gasteiger partial charge in [-0.1, -0.05) is 25.4 Å². The lowest BCUT2D eigenvalue weighted by Gasteiger charge is -2.07. The van der Waals surface area contributed by atoms with Gasteiger partial charge in [0.05, 0.1) is 5.75 Å². The summed E-state index contributed by atoms with van der Waals surface area (Å²) in [4.78, 5) is 9.99. The molecule has 1 aromatic heterocycles. The SMILES string of the molecule is CC(C)CNCc1cnc(CSc2ccc(Cl)cc2)nc1. The van der Waals surface area contributed by atoms with E-state index in [0.717, 1.165) is 35.3 Å². The van der Waals surface area contributed by atoms with Gasteiger partial charge in [-0.25, -0.2) is 9.97 Å². The first-order chi connectivity index (χ1) is 10.1. The summed E-state index contributed by atoms with van der Waals surface area (Å²) >= 11 is 7.58. The van der Waals surface area contributed by atoms with Gasteiger partial charge >= 0.3 is 0 Å². The van der Waals surface area contributed by atoms with Crippen molar-refractivity contribution in [3.8, 4) is 0 Å². The maximum absolute atomic E-state index is 5.87. The first-order valence-electron chi connectivity index (χ1n) is 7.02. The zero-order valence-electron chi connectivity index (χ0n) is 12.3. The van der Waals surface area contributed by atoms with Crippen LogP contribution >= 0.6 is 23.4 Å². The van der Waals surface area contributed by atoms with E-state index in [1.165, 1.54) is 4.90 Å². The highest BCUT2D eigenvalue weighted by Gasteiger charge is 2.01. The summed E-state index contributed by atoms with van der Waals surface area (Å²) in [6.45, 7) is 6.22. The molecular formula is C16H20ClN3S. The second kappa shape index (κ2) is 8.37. The lowest BCUT2D eigenvalue weighted by atomic mass is 10.2. The number of hydrogen-bond acceptors (Lipinski definition) is 4. The van der Waals surface area contributed by atoms with Crippen LogP contribution in [0.1, 0.15) is 25.2 Å². The van der Waals surface area contributed by atoms with Gasteiger partial charge in [0, 0.05) is 34.4 Å². The van der Waals surface area contributed by atoms with Crippen molar-refractivity contribution in [2.45, 2.75) is 31.0 Å². The number of halogens is 1. The first-order valence-corrected chi connectivity index (χ1v) is 8.38. The first kappa shape index (κ1) is 16.3. The van der Waals surface area contributed by atoms with Crippen LogP contribution in [-0.2, 0) is 12.3 Å².